The summed E-state index contributed by atoms with van der Waals surface area (Å²) in [6.07, 6.45) is 0.704. The van der Waals surface area contributed by atoms with Crippen LogP contribution in [0.3, 0.4) is 0 Å². The van der Waals surface area contributed by atoms with E-state index in [0.717, 1.165) is 0 Å². The van der Waals surface area contributed by atoms with Crippen molar-refractivity contribution >= 4 is 34.4 Å². The number of nitrogens with two attached hydrogens (primary N) is 2. The molecule has 0 aliphatic carbocycles. The zero-order chi connectivity index (χ0) is 24.4. The molecule has 34 heavy (non-hydrogen) atoms. The average Bonchev–Trinajstić information content (AvgIpc) is 3.15. The van der Waals surface area contributed by atoms with Crippen LogP contribution in [-0.2, 0) is 11.3 Å². The van der Waals surface area contributed by atoms with Crippen LogP contribution in [0.2, 0.25) is 0 Å². The molecule has 1 amide bonds. The van der Waals surface area contributed by atoms with Crippen LogP contribution in [-0.4, -0.2) is 43.5 Å². The lowest BCUT2D eigenvalue weighted by Gasteiger charge is -2.23. The number of fused-ring (bicyclic) bond motifs is 1. The number of ether oxygens (including phenoxy) is 1. The predicted molar refractivity (Wildman–Crippen MR) is 128 cm³/mol. The van der Waals surface area contributed by atoms with Crippen molar-refractivity contribution in [1.82, 2.24) is 24.7 Å². The number of halogens is 1. The van der Waals surface area contributed by atoms with Gasteiger partial charge in [-0.25, -0.2) is 28.8 Å². The lowest BCUT2D eigenvalue weighted by atomic mass is 10.2. The van der Waals surface area contributed by atoms with Gasteiger partial charge in [-0.1, -0.05) is 18.2 Å². The first-order chi connectivity index (χ1) is 16.3. The molecule has 0 aliphatic heterocycles. The maximum atomic E-state index is 14.2. The summed E-state index contributed by atoms with van der Waals surface area (Å²) in [5.41, 5.74) is 14.0. The third-order valence-corrected chi connectivity index (χ3v) is 5.08. The van der Waals surface area contributed by atoms with Gasteiger partial charge in [0.25, 0.3) is 0 Å². The maximum absolute atomic E-state index is 14.2. The number of nitrogen functional groups attached to an aromatic ring is 2. The Morgan fingerprint density at radius 1 is 1.15 bits per heavy atom. The largest absolute Gasteiger partial charge is 0.446 e. The first kappa shape index (κ1) is 22.9. The highest BCUT2D eigenvalue weighted by atomic mass is 19.1. The quantitative estimate of drug-likeness (QED) is 0.441. The summed E-state index contributed by atoms with van der Waals surface area (Å²) in [4.78, 5) is 27.0. The van der Waals surface area contributed by atoms with E-state index in [9.17, 15) is 9.18 Å². The Kier molecular flexibility index (Phi) is 6.26. The Hall–Kier alpha value is -4.28. The number of carbonyl (C=O) groups is 1. The Morgan fingerprint density at radius 3 is 2.50 bits per heavy atom. The normalized spacial score (nSPS) is 11.2. The van der Waals surface area contributed by atoms with Crippen LogP contribution in [0.1, 0.15) is 26.3 Å². The number of hydrogen-bond donors (Lipinski definition) is 2. The van der Waals surface area contributed by atoms with Crippen LogP contribution in [0.5, 0.6) is 0 Å². The van der Waals surface area contributed by atoms with E-state index in [1.807, 2.05) is 6.07 Å². The highest BCUT2D eigenvalue weighted by Crippen LogP contribution is 2.33. The van der Waals surface area contributed by atoms with Crippen molar-refractivity contribution in [3.05, 3.63) is 54.0 Å². The Morgan fingerprint density at radius 2 is 1.85 bits per heavy atom. The van der Waals surface area contributed by atoms with E-state index in [4.69, 9.17) is 16.2 Å². The summed E-state index contributed by atoms with van der Waals surface area (Å²) in [6.45, 7) is 5.67. The minimum absolute atomic E-state index is 0.00532. The Balaban J connectivity index is 1.78. The van der Waals surface area contributed by atoms with Crippen LogP contribution >= 0.6 is 0 Å². The van der Waals surface area contributed by atoms with Crippen molar-refractivity contribution in [3.8, 4) is 11.5 Å². The van der Waals surface area contributed by atoms with Gasteiger partial charge in [0.2, 0.25) is 0 Å². The van der Waals surface area contributed by atoms with Gasteiger partial charge >= 0.3 is 6.09 Å². The second-order valence-electron chi connectivity index (χ2n) is 7.82. The van der Waals surface area contributed by atoms with E-state index in [-0.39, 0.29) is 48.2 Å². The van der Waals surface area contributed by atoms with E-state index in [0.29, 0.717) is 22.3 Å². The minimum Gasteiger partial charge on any atom is -0.446 e. The molecule has 10 nitrogen and oxygen atoms in total. The standard InChI is InChI=1S/C23H25FN8O2/c1-4-31(23(33)34-13(2)3)18-19(25)28-21(29-20(18)26)17-15-9-7-11-27-22(15)32(30-17)12-14-8-5-6-10-16(14)24/h5-11,13H,4,12H2,1-3H3,(H4,25,26,28,29). The number of anilines is 3. The topological polar surface area (TPSA) is 138 Å². The van der Waals surface area contributed by atoms with E-state index in [1.54, 1.807) is 55.9 Å². The van der Waals surface area contributed by atoms with E-state index >= 15 is 0 Å². The molecule has 0 atom stereocenters. The second kappa shape index (κ2) is 9.30. The number of rotatable bonds is 6. The van der Waals surface area contributed by atoms with Gasteiger partial charge in [0.05, 0.1) is 18.0 Å². The summed E-state index contributed by atoms with van der Waals surface area (Å²) in [6, 6.07) is 10.0. The highest BCUT2D eigenvalue weighted by Gasteiger charge is 2.25. The summed E-state index contributed by atoms with van der Waals surface area (Å²) in [5.74, 6) is -0.167. The summed E-state index contributed by atoms with van der Waals surface area (Å²) >= 11 is 0. The van der Waals surface area contributed by atoms with Crippen LogP contribution in [0.15, 0.2) is 42.6 Å². The van der Waals surface area contributed by atoms with Crippen molar-refractivity contribution in [3.63, 3.8) is 0 Å². The van der Waals surface area contributed by atoms with Crippen molar-refractivity contribution in [1.29, 1.82) is 0 Å². The first-order valence-corrected chi connectivity index (χ1v) is 10.8. The maximum Gasteiger partial charge on any atom is 0.414 e. The van der Waals surface area contributed by atoms with E-state index in [2.05, 4.69) is 20.1 Å². The predicted octanol–water partition coefficient (Wildman–Crippen LogP) is 3.61. The van der Waals surface area contributed by atoms with Crippen LogP contribution in [0.25, 0.3) is 22.6 Å². The molecule has 3 aromatic heterocycles. The molecule has 0 bridgehead atoms. The van der Waals surface area contributed by atoms with Crippen molar-refractivity contribution in [2.24, 2.45) is 0 Å². The molecule has 4 rings (SSSR count). The molecule has 0 saturated carbocycles. The average molecular weight is 465 g/mol. The summed E-state index contributed by atoms with van der Waals surface area (Å²) < 4.78 is 21.1. The fourth-order valence-corrected chi connectivity index (χ4v) is 3.59. The number of hydrogen-bond acceptors (Lipinski definition) is 8. The number of nitrogens with zero attached hydrogens (tertiary/aromatic N) is 6. The number of amides is 1. The molecule has 0 radical (unpaired) electrons. The number of benzene rings is 1. The molecule has 4 N–H and O–H groups in total. The molecule has 11 heteroatoms. The van der Waals surface area contributed by atoms with Crippen LogP contribution < -0.4 is 16.4 Å². The summed E-state index contributed by atoms with van der Waals surface area (Å²) in [7, 11) is 0. The Labute approximate surface area is 195 Å². The summed E-state index contributed by atoms with van der Waals surface area (Å²) in [5, 5.41) is 5.24. The minimum atomic E-state index is -0.601. The zero-order valence-corrected chi connectivity index (χ0v) is 19.1. The lowest BCUT2D eigenvalue weighted by Crippen LogP contribution is -2.34. The molecule has 3 heterocycles. The van der Waals surface area contributed by atoms with E-state index in [1.165, 1.54) is 11.0 Å². The fraction of sp³-hybridized carbons (Fsp3) is 0.261. The lowest BCUT2D eigenvalue weighted by molar-refractivity contribution is 0.123. The third-order valence-electron chi connectivity index (χ3n) is 5.08. The molecule has 0 spiro atoms. The molecular formula is C23H25FN8O2. The molecule has 1 aromatic carbocycles. The van der Waals surface area contributed by atoms with Gasteiger partial charge in [0.15, 0.2) is 23.1 Å². The van der Waals surface area contributed by atoms with Crippen molar-refractivity contribution in [2.75, 3.05) is 22.9 Å². The van der Waals surface area contributed by atoms with Gasteiger partial charge in [0.1, 0.15) is 17.2 Å². The monoisotopic (exact) mass is 464 g/mol. The van der Waals surface area contributed by atoms with E-state index < -0.39 is 6.09 Å². The molecular weight excluding hydrogens is 439 g/mol. The Bertz CT molecular complexity index is 1330. The molecule has 0 aliphatic rings. The molecule has 176 valence electrons. The van der Waals surface area contributed by atoms with Crippen LogP contribution in [0, 0.1) is 5.82 Å². The van der Waals surface area contributed by atoms with Gasteiger partial charge in [-0.05, 0) is 39.0 Å². The molecule has 0 fully saturated rings. The van der Waals surface area contributed by atoms with Gasteiger partial charge in [-0.2, -0.15) is 5.10 Å². The third kappa shape index (κ3) is 4.32. The van der Waals surface area contributed by atoms with Crippen LogP contribution in [0.4, 0.5) is 26.5 Å². The smallest absolute Gasteiger partial charge is 0.414 e. The van der Waals surface area contributed by atoms with Gasteiger partial charge < -0.3 is 16.2 Å². The molecule has 4 aromatic rings. The highest BCUT2D eigenvalue weighted by molar-refractivity contribution is 5.96. The van der Waals surface area contributed by atoms with Gasteiger partial charge in [0, 0.05) is 18.3 Å². The fourth-order valence-electron chi connectivity index (χ4n) is 3.59. The van der Waals surface area contributed by atoms with Gasteiger partial charge in [-0.15, -0.1) is 0 Å². The number of carbonyl (C=O) groups excluding carboxylic acids is 1. The molecule has 0 unspecified atom stereocenters. The number of pyridine rings is 1. The zero-order valence-electron chi connectivity index (χ0n) is 19.1. The first-order valence-electron chi connectivity index (χ1n) is 10.8. The molecule has 0 saturated heterocycles. The second-order valence-corrected chi connectivity index (χ2v) is 7.82. The van der Waals surface area contributed by atoms with Crippen molar-refractivity contribution < 1.29 is 13.9 Å². The van der Waals surface area contributed by atoms with Crippen molar-refractivity contribution in [2.45, 2.75) is 33.4 Å². The SMILES string of the molecule is CCN(C(=O)OC(C)C)c1c(N)nc(-c2nn(Cc3ccccc3F)c3ncccc23)nc1N. The number of aromatic nitrogens is 5. The van der Waals surface area contributed by atoms with Gasteiger partial charge in [-0.3, -0.25) is 4.90 Å².